The summed E-state index contributed by atoms with van der Waals surface area (Å²) in [6, 6.07) is 5.13. The van der Waals surface area contributed by atoms with Crippen LogP contribution in [0.2, 0.25) is 0 Å². The van der Waals surface area contributed by atoms with Crippen LogP contribution in [0.4, 0.5) is 11.5 Å². The zero-order valence-corrected chi connectivity index (χ0v) is 13.6. The molecule has 0 bridgehead atoms. The molecule has 24 heavy (non-hydrogen) atoms. The lowest BCUT2D eigenvalue weighted by atomic mass is 9.96. The van der Waals surface area contributed by atoms with E-state index in [4.69, 9.17) is 4.74 Å². The van der Waals surface area contributed by atoms with Crippen LogP contribution in [0, 0.1) is 17.0 Å². The molecule has 1 aliphatic rings. The summed E-state index contributed by atoms with van der Waals surface area (Å²) in [5, 5.41) is 14.5. The van der Waals surface area contributed by atoms with Gasteiger partial charge in [0, 0.05) is 6.54 Å². The summed E-state index contributed by atoms with van der Waals surface area (Å²) in [4.78, 5) is 24.5. The molecule has 2 heterocycles. The van der Waals surface area contributed by atoms with Gasteiger partial charge in [-0.2, -0.15) is 4.68 Å². The first-order chi connectivity index (χ1) is 11.5. The Bertz CT molecular complexity index is 799. The number of amides is 1. The highest BCUT2D eigenvalue weighted by molar-refractivity contribution is 5.96. The van der Waals surface area contributed by atoms with E-state index < -0.39 is 4.92 Å². The minimum Gasteiger partial charge on any atom is -0.495 e. The molecule has 0 spiro atoms. The van der Waals surface area contributed by atoms with Gasteiger partial charge in [-0.05, 0) is 41.9 Å². The molecule has 0 N–H and O–H groups in total. The van der Waals surface area contributed by atoms with Gasteiger partial charge in [0.15, 0.2) is 0 Å². The summed E-state index contributed by atoms with van der Waals surface area (Å²) < 4.78 is 6.72. The van der Waals surface area contributed by atoms with Crippen molar-refractivity contribution in [3.63, 3.8) is 0 Å². The number of nitro groups is 1. The van der Waals surface area contributed by atoms with Crippen molar-refractivity contribution in [1.82, 2.24) is 9.78 Å². The number of fused-ring (bicyclic) bond motifs is 1. The SMILES string of the molecule is COc1ccc(C)c2c1N(C(=O)Cn1ccc([N+](=O)[O-])n1)CCC2. The molecule has 1 aromatic heterocycles. The Morgan fingerprint density at radius 2 is 2.21 bits per heavy atom. The number of aryl methyl sites for hydroxylation is 1. The van der Waals surface area contributed by atoms with Gasteiger partial charge >= 0.3 is 5.82 Å². The Hall–Kier alpha value is -2.90. The molecule has 0 saturated carbocycles. The number of aromatic nitrogens is 2. The number of rotatable bonds is 4. The smallest absolute Gasteiger partial charge is 0.389 e. The normalized spacial score (nSPS) is 13.5. The maximum Gasteiger partial charge on any atom is 0.389 e. The maximum absolute atomic E-state index is 12.7. The number of ether oxygens (including phenoxy) is 1. The number of anilines is 1. The number of benzene rings is 1. The number of methoxy groups -OCH3 is 1. The van der Waals surface area contributed by atoms with E-state index in [1.807, 2.05) is 19.1 Å². The van der Waals surface area contributed by atoms with Crippen molar-refractivity contribution >= 4 is 17.4 Å². The van der Waals surface area contributed by atoms with Crippen molar-refractivity contribution in [3.8, 4) is 5.75 Å². The molecule has 1 aromatic carbocycles. The molecule has 8 nitrogen and oxygen atoms in total. The predicted octanol–water partition coefficient (Wildman–Crippen LogP) is 2.09. The van der Waals surface area contributed by atoms with E-state index in [0.717, 1.165) is 29.7 Å². The second kappa shape index (κ2) is 6.31. The Morgan fingerprint density at radius 1 is 1.42 bits per heavy atom. The van der Waals surface area contributed by atoms with Gasteiger partial charge in [-0.15, -0.1) is 0 Å². The van der Waals surface area contributed by atoms with Crippen LogP contribution >= 0.6 is 0 Å². The van der Waals surface area contributed by atoms with E-state index in [1.54, 1.807) is 12.0 Å². The Labute approximate surface area is 138 Å². The third kappa shape index (κ3) is 2.82. The highest BCUT2D eigenvalue weighted by Gasteiger charge is 2.28. The van der Waals surface area contributed by atoms with Gasteiger partial charge < -0.3 is 19.8 Å². The van der Waals surface area contributed by atoms with Crippen LogP contribution < -0.4 is 9.64 Å². The topological polar surface area (TPSA) is 90.5 Å². The van der Waals surface area contributed by atoms with Gasteiger partial charge in [0.2, 0.25) is 0 Å². The van der Waals surface area contributed by atoms with Crippen LogP contribution in [0.1, 0.15) is 17.5 Å². The maximum atomic E-state index is 12.7. The van der Waals surface area contributed by atoms with Crippen LogP contribution in [0.5, 0.6) is 5.75 Å². The molecule has 3 rings (SSSR count). The summed E-state index contributed by atoms with van der Waals surface area (Å²) in [5.74, 6) is 0.225. The molecule has 126 valence electrons. The van der Waals surface area contributed by atoms with E-state index in [9.17, 15) is 14.9 Å². The minimum atomic E-state index is -0.580. The van der Waals surface area contributed by atoms with Crippen LogP contribution in [-0.4, -0.2) is 34.3 Å². The monoisotopic (exact) mass is 330 g/mol. The molecule has 2 aromatic rings. The third-order valence-electron chi connectivity index (χ3n) is 4.19. The van der Waals surface area contributed by atoms with E-state index in [0.29, 0.717) is 12.3 Å². The molecule has 0 unspecified atom stereocenters. The molecule has 0 atom stereocenters. The summed E-state index contributed by atoms with van der Waals surface area (Å²) in [7, 11) is 1.58. The van der Waals surface area contributed by atoms with Crippen molar-refractivity contribution in [2.75, 3.05) is 18.6 Å². The van der Waals surface area contributed by atoms with Crippen LogP contribution in [0.3, 0.4) is 0 Å². The van der Waals surface area contributed by atoms with Gasteiger partial charge in [0.1, 0.15) is 12.3 Å². The summed E-state index contributed by atoms with van der Waals surface area (Å²) in [6.45, 7) is 2.56. The predicted molar refractivity (Wildman–Crippen MR) is 87.3 cm³/mol. The van der Waals surface area contributed by atoms with Crippen molar-refractivity contribution in [1.29, 1.82) is 0 Å². The Kier molecular flexibility index (Phi) is 4.20. The quantitative estimate of drug-likeness (QED) is 0.632. The number of hydrogen-bond acceptors (Lipinski definition) is 5. The highest BCUT2D eigenvalue weighted by Crippen LogP contribution is 2.38. The fraction of sp³-hybridized carbons (Fsp3) is 0.375. The number of carbonyl (C=O) groups excluding carboxylic acids is 1. The highest BCUT2D eigenvalue weighted by atomic mass is 16.6. The second-order valence-corrected chi connectivity index (χ2v) is 5.69. The van der Waals surface area contributed by atoms with Crippen LogP contribution in [0.15, 0.2) is 24.4 Å². The number of hydrogen-bond donors (Lipinski definition) is 0. The lowest BCUT2D eigenvalue weighted by molar-refractivity contribution is -0.389. The van der Waals surface area contributed by atoms with Crippen molar-refractivity contribution in [3.05, 3.63) is 45.6 Å². The molecule has 0 fully saturated rings. The summed E-state index contributed by atoms with van der Waals surface area (Å²) in [6.07, 6.45) is 3.20. The Balaban J connectivity index is 1.89. The fourth-order valence-corrected chi connectivity index (χ4v) is 3.03. The summed E-state index contributed by atoms with van der Waals surface area (Å²) >= 11 is 0. The molecule has 0 aliphatic carbocycles. The number of nitrogens with zero attached hydrogens (tertiary/aromatic N) is 4. The molecule has 0 radical (unpaired) electrons. The van der Waals surface area contributed by atoms with Crippen molar-refractivity contribution < 1.29 is 14.5 Å². The Morgan fingerprint density at radius 3 is 2.88 bits per heavy atom. The first-order valence-electron chi connectivity index (χ1n) is 7.66. The standard InChI is InChI=1S/C16H18N4O4/c1-11-5-6-13(24-2)16-12(11)4-3-8-19(16)15(21)10-18-9-7-14(17-18)20(22)23/h5-7,9H,3-4,8,10H2,1-2H3. The molecule has 1 amide bonds. The first kappa shape index (κ1) is 16.0. The largest absolute Gasteiger partial charge is 0.495 e. The lowest BCUT2D eigenvalue weighted by Crippen LogP contribution is -2.38. The second-order valence-electron chi connectivity index (χ2n) is 5.69. The summed E-state index contributed by atoms with van der Waals surface area (Å²) in [5.41, 5.74) is 3.04. The van der Waals surface area contributed by atoms with Gasteiger partial charge in [0.25, 0.3) is 5.91 Å². The van der Waals surface area contributed by atoms with Crippen LogP contribution in [-0.2, 0) is 17.8 Å². The van der Waals surface area contributed by atoms with Gasteiger partial charge in [-0.25, -0.2) is 0 Å². The van der Waals surface area contributed by atoms with E-state index in [2.05, 4.69) is 5.10 Å². The molecular weight excluding hydrogens is 312 g/mol. The van der Waals surface area contributed by atoms with Gasteiger partial charge in [-0.3, -0.25) is 4.79 Å². The third-order valence-corrected chi connectivity index (χ3v) is 4.19. The molecule has 8 heteroatoms. The van der Waals surface area contributed by atoms with Gasteiger partial charge in [-0.1, -0.05) is 6.07 Å². The van der Waals surface area contributed by atoms with Crippen molar-refractivity contribution in [2.45, 2.75) is 26.3 Å². The average Bonchev–Trinajstić information content (AvgIpc) is 3.04. The first-order valence-corrected chi connectivity index (χ1v) is 7.66. The number of carbonyl (C=O) groups is 1. The average molecular weight is 330 g/mol. The fourth-order valence-electron chi connectivity index (χ4n) is 3.03. The molecule has 1 aliphatic heterocycles. The van der Waals surface area contributed by atoms with Crippen molar-refractivity contribution in [2.24, 2.45) is 0 Å². The van der Waals surface area contributed by atoms with E-state index >= 15 is 0 Å². The van der Waals surface area contributed by atoms with E-state index in [-0.39, 0.29) is 18.3 Å². The van der Waals surface area contributed by atoms with E-state index in [1.165, 1.54) is 16.9 Å². The molecule has 0 saturated heterocycles. The lowest BCUT2D eigenvalue weighted by Gasteiger charge is -2.31. The zero-order valence-electron chi connectivity index (χ0n) is 13.6. The zero-order chi connectivity index (χ0) is 17.3. The minimum absolute atomic E-state index is 0.0512. The molecular formula is C16H18N4O4. The van der Waals surface area contributed by atoms with Gasteiger partial charge in [0.05, 0.1) is 30.2 Å². The van der Waals surface area contributed by atoms with Crippen LogP contribution in [0.25, 0.3) is 0 Å².